The molecule has 0 saturated heterocycles. The first kappa shape index (κ1) is 21.9. The van der Waals surface area contributed by atoms with Gasteiger partial charge in [-0.15, -0.1) is 0 Å². The zero-order valence-electron chi connectivity index (χ0n) is 20.1. The number of rotatable bonds is 4. The molecule has 0 radical (unpaired) electrons. The zero-order valence-corrected chi connectivity index (χ0v) is 20.1. The van der Waals surface area contributed by atoms with E-state index in [1.165, 1.54) is 15.5 Å². The van der Waals surface area contributed by atoms with E-state index >= 15 is 0 Å². The summed E-state index contributed by atoms with van der Waals surface area (Å²) in [5.41, 5.74) is 3.60. The number of nitrogens with zero attached hydrogens (tertiary/aromatic N) is 2. The van der Waals surface area contributed by atoms with Crippen LogP contribution in [0, 0.1) is 0 Å². The van der Waals surface area contributed by atoms with Crippen molar-refractivity contribution in [2.24, 2.45) is 0 Å². The molecule has 0 saturated carbocycles. The first-order valence-electron chi connectivity index (χ1n) is 12.2. The lowest BCUT2D eigenvalue weighted by molar-refractivity contribution is 0.0499. The molecule has 7 rings (SSSR count). The van der Waals surface area contributed by atoms with Gasteiger partial charge in [0, 0.05) is 21.5 Å². The van der Waals surface area contributed by atoms with Gasteiger partial charge in [-0.2, -0.15) is 9.46 Å². The summed E-state index contributed by atoms with van der Waals surface area (Å²) in [6.07, 6.45) is 0. The number of carbonyl (C=O) groups is 2. The first-order chi connectivity index (χ1) is 18.7. The van der Waals surface area contributed by atoms with E-state index in [1.807, 2.05) is 97.1 Å². The summed E-state index contributed by atoms with van der Waals surface area (Å²) >= 11 is 0. The molecule has 0 unspecified atom stereocenters. The van der Waals surface area contributed by atoms with Gasteiger partial charge in [0.25, 0.3) is 0 Å². The molecule has 0 fully saturated rings. The second-order valence-corrected chi connectivity index (χ2v) is 9.00. The third-order valence-corrected chi connectivity index (χ3v) is 6.75. The van der Waals surface area contributed by atoms with E-state index in [4.69, 9.17) is 9.68 Å². The second kappa shape index (κ2) is 8.64. The largest absolute Gasteiger partial charge is 0.363 e. The van der Waals surface area contributed by atoms with E-state index in [1.54, 1.807) is 18.2 Å². The van der Waals surface area contributed by atoms with Crippen LogP contribution in [0.2, 0.25) is 0 Å². The molecule has 38 heavy (non-hydrogen) atoms. The predicted octanol–water partition coefficient (Wildman–Crippen LogP) is 6.44. The molecule has 2 aromatic heterocycles. The Morgan fingerprint density at radius 3 is 1.08 bits per heavy atom. The molecule has 0 bridgehead atoms. The average molecular weight is 497 g/mol. The third kappa shape index (κ3) is 3.43. The standard InChI is InChI=1S/C32H20N2O4/c35-31(37-33-27-16-5-1-12-23(27)24-13-2-6-17-28(24)33)21-10-9-11-22(20-21)32(36)38-34-29-18-7-3-14-25(29)26-15-4-8-19-30(26)34/h1-20H. The van der Waals surface area contributed by atoms with E-state index in [-0.39, 0.29) is 11.1 Å². The minimum absolute atomic E-state index is 0.239. The SMILES string of the molecule is O=C(On1c2ccccc2c2ccccc21)c1cccc(C(=O)On2c3ccccc3c3ccccc32)c1. The van der Waals surface area contributed by atoms with Crippen LogP contribution in [0.15, 0.2) is 121 Å². The molecule has 0 spiro atoms. The number of para-hydroxylation sites is 4. The van der Waals surface area contributed by atoms with Gasteiger partial charge in [0.1, 0.15) is 0 Å². The number of carbonyl (C=O) groups excluding carboxylic acids is 2. The molecule has 7 aromatic rings. The lowest BCUT2D eigenvalue weighted by Gasteiger charge is -2.10. The number of fused-ring (bicyclic) bond motifs is 6. The highest BCUT2D eigenvalue weighted by molar-refractivity contribution is 6.09. The Balaban J connectivity index is 1.22. The van der Waals surface area contributed by atoms with Gasteiger partial charge < -0.3 is 9.68 Å². The van der Waals surface area contributed by atoms with E-state index in [0.29, 0.717) is 0 Å². The normalized spacial score (nSPS) is 11.4. The van der Waals surface area contributed by atoms with Crippen LogP contribution < -0.4 is 9.68 Å². The molecule has 182 valence electrons. The van der Waals surface area contributed by atoms with Crippen molar-refractivity contribution in [3.05, 3.63) is 132 Å². The third-order valence-electron chi connectivity index (χ3n) is 6.75. The highest BCUT2D eigenvalue weighted by Crippen LogP contribution is 2.29. The first-order valence-corrected chi connectivity index (χ1v) is 12.2. The molecule has 0 aliphatic carbocycles. The van der Waals surface area contributed by atoms with Gasteiger partial charge >= 0.3 is 11.9 Å². The molecule has 0 N–H and O–H groups in total. The van der Waals surface area contributed by atoms with Crippen LogP contribution in [0.4, 0.5) is 0 Å². The Labute approximate surface area is 216 Å². The quantitative estimate of drug-likeness (QED) is 0.281. The molecule has 6 nitrogen and oxygen atoms in total. The summed E-state index contributed by atoms with van der Waals surface area (Å²) < 4.78 is 3.08. The maximum atomic E-state index is 13.2. The highest BCUT2D eigenvalue weighted by atomic mass is 16.7. The Hall–Kier alpha value is -5.36. The predicted molar refractivity (Wildman–Crippen MR) is 147 cm³/mol. The summed E-state index contributed by atoms with van der Waals surface area (Å²) in [6, 6.07) is 37.4. The molecular weight excluding hydrogens is 476 g/mol. The van der Waals surface area contributed by atoms with Crippen LogP contribution in [0.1, 0.15) is 20.7 Å². The van der Waals surface area contributed by atoms with Crippen molar-refractivity contribution < 1.29 is 19.3 Å². The molecule has 0 atom stereocenters. The van der Waals surface area contributed by atoms with Gasteiger partial charge in [-0.1, -0.05) is 78.9 Å². The van der Waals surface area contributed by atoms with Gasteiger partial charge in [0.2, 0.25) is 0 Å². The Kier molecular flexibility index (Phi) is 4.97. The van der Waals surface area contributed by atoms with Crippen LogP contribution in [-0.2, 0) is 0 Å². The number of aromatic nitrogens is 2. The summed E-state index contributed by atoms with van der Waals surface area (Å²) in [5, 5.41) is 3.94. The summed E-state index contributed by atoms with van der Waals surface area (Å²) in [5.74, 6) is -1.16. The number of benzene rings is 5. The maximum Gasteiger partial charge on any atom is 0.363 e. The van der Waals surface area contributed by atoms with Crippen LogP contribution in [0.25, 0.3) is 43.6 Å². The van der Waals surface area contributed by atoms with Crippen molar-refractivity contribution in [2.75, 3.05) is 0 Å². The monoisotopic (exact) mass is 496 g/mol. The molecular formula is C32H20N2O4. The fourth-order valence-electron chi connectivity index (χ4n) is 5.01. The van der Waals surface area contributed by atoms with Crippen LogP contribution >= 0.6 is 0 Å². The van der Waals surface area contributed by atoms with E-state index < -0.39 is 11.9 Å². The van der Waals surface area contributed by atoms with Gasteiger partial charge in [0.05, 0.1) is 33.2 Å². The number of hydrogen-bond donors (Lipinski definition) is 0. The fraction of sp³-hybridized carbons (Fsp3) is 0. The van der Waals surface area contributed by atoms with Gasteiger partial charge in [0.15, 0.2) is 0 Å². The highest BCUT2D eigenvalue weighted by Gasteiger charge is 2.19. The summed E-state index contributed by atoms with van der Waals surface area (Å²) in [6.45, 7) is 0. The molecule has 2 heterocycles. The smallest absolute Gasteiger partial charge is 0.330 e. The van der Waals surface area contributed by atoms with E-state index in [9.17, 15) is 9.59 Å². The van der Waals surface area contributed by atoms with Crippen molar-refractivity contribution in [2.45, 2.75) is 0 Å². The van der Waals surface area contributed by atoms with Crippen molar-refractivity contribution in [3.63, 3.8) is 0 Å². The average Bonchev–Trinajstić information content (AvgIpc) is 3.46. The molecule has 6 heteroatoms. The zero-order chi connectivity index (χ0) is 25.6. The van der Waals surface area contributed by atoms with Crippen molar-refractivity contribution in [1.29, 1.82) is 0 Å². The van der Waals surface area contributed by atoms with Crippen LogP contribution in [-0.4, -0.2) is 21.4 Å². The van der Waals surface area contributed by atoms with E-state index in [0.717, 1.165) is 43.6 Å². The molecule has 5 aromatic carbocycles. The lowest BCUT2D eigenvalue weighted by Crippen LogP contribution is -2.22. The van der Waals surface area contributed by atoms with Gasteiger partial charge in [-0.25, -0.2) is 9.59 Å². The van der Waals surface area contributed by atoms with Crippen LogP contribution in [0.3, 0.4) is 0 Å². The minimum atomic E-state index is -0.581. The Bertz CT molecular complexity index is 1780. The molecule has 0 aliphatic heterocycles. The number of hydrogen-bond acceptors (Lipinski definition) is 4. The van der Waals surface area contributed by atoms with E-state index in [2.05, 4.69) is 0 Å². The van der Waals surface area contributed by atoms with Crippen LogP contribution in [0.5, 0.6) is 0 Å². The van der Waals surface area contributed by atoms with Gasteiger partial charge in [-0.3, -0.25) is 0 Å². The topological polar surface area (TPSA) is 62.5 Å². The Morgan fingerprint density at radius 1 is 0.421 bits per heavy atom. The minimum Gasteiger partial charge on any atom is -0.330 e. The summed E-state index contributed by atoms with van der Waals surface area (Å²) in [4.78, 5) is 38.2. The Morgan fingerprint density at radius 2 is 0.737 bits per heavy atom. The maximum absolute atomic E-state index is 13.2. The second-order valence-electron chi connectivity index (χ2n) is 9.00. The van der Waals surface area contributed by atoms with Gasteiger partial charge in [-0.05, 0) is 42.5 Å². The molecule has 0 aliphatic rings. The molecule has 0 amide bonds. The van der Waals surface area contributed by atoms with Crippen molar-refractivity contribution >= 4 is 55.6 Å². The summed E-state index contributed by atoms with van der Waals surface area (Å²) in [7, 11) is 0. The van der Waals surface area contributed by atoms with Crippen molar-refractivity contribution in [1.82, 2.24) is 9.46 Å². The fourth-order valence-corrected chi connectivity index (χ4v) is 5.01. The lowest BCUT2D eigenvalue weighted by atomic mass is 10.1. The van der Waals surface area contributed by atoms with Crippen molar-refractivity contribution in [3.8, 4) is 0 Å².